The molecule has 0 saturated carbocycles. The monoisotopic (exact) mass is 301 g/mol. The molecule has 1 aromatic heterocycles. The summed E-state index contributed by atoms with van der Waals surface area (Å²) < 4.78 is 0. The lowest BCUT2D eigenvalue weighted by Gasteiger charge is -2.05. The Morgan fingerprint density at radius 3 is 2.57 bits per heavy atom. The number of hydrogen-bond donors (Lipinski definition) is 3. The molecule has 1 heterocycles. The van der Waals surface area contributed by atoms with Gasteiger partial charge in [0.25, 0.3) is 0 Å². The molecule has 1 aromatic carbocycles. The molecule has 0 spiro atoms. The molecule has 4 N–H and O–H groups in total. The van der Waals surface area contributed by atoms with E-state index in [1.807, 2.05) is 29.6 Å². The van der Waals surface area contributed by atoms with E-state index < -0.39 is 6.03 Å². The van der Waals surface area contributed by atoms with E-state index in [0.717, 1.165) is 10.4 Å². The molecule has 108 valence electrons. The van der Waals surface area contributed by atoms with Crippen LogP contribution in [0.1, 0.15) is 10.4 Å². The summed E-state index contributed by atoms with van der Waals surface area (Å²) in [6.07, 6.45) is 3.29. The Morgan fingerprint density at radius 1 is 1.19 bits per heavy atom. The van der Waals surface area contributed by atoms with Crippen molar-refractivity contribution in [3.8, 4) is 0 Å². The fraction of sp³-hybridized carbons (Fsp3) is 0.0667. The van der Waals surface area contributed by atoms with E-state index in [4.69, 9.17) is 5.73 Å². The van der Waals surface area contributed by atoms with Gasteiger partial charge >= 0.3 is 6.03 Å². The molecular weight excluding hydrogens is 286 g/mol. The van der Waals surface area contributed by atoms with Gasteiger partial charge in [0.15, 0.2) is 0 Å². The largest absolute Gasteiger partial charge is 0.351 e. The van der Waals surface area contributed by atoms with E-state index >= 15 is 0 Å². The van der Waals surface area contributed by atoms with Crippen molar-refractivity contribution in [3.63, 3.8) is 0 Å². The Labute approximate surface area is 126 Å². The smallest absolute Gasteiger partial charge is 0.316 e. The normalized spacial score (nSPS) is 10.5. The van der Waals surface area contributed by atoms with Crippen LogP contribution < -0.4 is 16.4 Å². The summed E-state index contributed by atoms with van der Waals surface area (Å²) in [7, 11) is 0. The first-order chi connectivity index (χ1) is 10.1. The van der Waals surface area contributed by atoms with Crippen LogP contribution in [0.2, 0.25) is 0 Å². The third kappa shape index (κ3) is 5.12. The van der Waals surface area contributed by atoms with Gasteiger partial charge in [-0.15, -0.1) is 11.3 Å². The Kier molecular flexibility index (Phi) is 5.11. The van der Waals surface area contributed by atoms with E-state index in [-0.39, 0.29) is 5.91 Å². The second kappa shape index (κ2) is 7.25. The van der Waals surface area contributed by atoms with Crippen LogP contribution in [0.3, 0.4) is 0 Å². The minimum absolute atomic E-state index is 0.150. The molecule has 6 heteroatoms. The van der Waals surface area contributed by atoms with Crippen molar-refractivity contribution in [1.29, 1.82) is 0 Å². The van der Waals surface area contributed by atoms with Crippen LogP contribution in [0.4, 0.5) is 10.5 Å². The SMILES string of the molecule is NC(=O)Nc1ccc(CNC(=O)/C=C/c2cccs2)cc1. The summed E-state index contributed by atoms with van der Waals surface area (Å²) in [6, 6.07) is 10.4. The van der Waals surface area contributed by atoms with Crippen molar-refractivity contribution in [2.45, 2.75) is 6.54 Å². The third-order valence-corrected chi connectivity index (χ3v) is 3.47. The number of primary amides is 1. The van der Waals surface area contributed by atoms with Gasteiger partial charge < -0.3 is 16.4 Å². The van der Waals surface area contributed by atoms with Gasteiger partial charge in [-0.3, -0.25) is 4.79 Å². The standard InChI is InChI=1S/C15H15N3O2S/c16-15(20)18-12-5-3-11(4-6-12)10-17-14(19)8-7-13-2-1-9-21-13/h1-9H,10H2,(H,17,19)(H3,16,18,20)/b8-7+. The van der Waals surface area contributed by atoms with Crippen LogP contribution in [-0.2, 0) is 11.3 Å². The molecule has 0 saturated heterocycles. The molecule has 3 amide bonds. The van der Waals surface area contributed by atoms with Crippen LogP contribution in [-0.4, -0.2) is 11.9 Å². The number of urea groups is 1. The predicted molar refractivity (Wildman–Crippen MR) is 84.8 cm³/mol. The Morgan fingerprint density at radius 2 is 1.95 bits per heavy atom. The predicted octanol–water partition coefficient (Wildman–Crippen LogP) is 2.57. The molecule has 0 atom stereocenters. The van der Waals surface area contributed by atoms with Gasteiger partial charge in [-0.05, 0) is 35.2 Å². The Bertz CT molecular complexity index is 633. The van der Waals surface area contributed by atoms with Crippen LogP contribution in [0.15, 0.2) is 47.9 Å². The van der Waals surface area contributed by atoms with Crippen molar-refractivity contribution < 1.29 is 9.59 Å². The lowest BCUT2D eigenvalue weighted by Crippen LogP contribution is -2.20. The van der Waals surface area contributed by atoms with Crippen molar-refractivity contribution in [3.05, 3.63) is 58.3 Å². The minimum atomic E-state index is -0.602. The quantitative estimate of drug-likeness (QED) is 0.742. The summed E-state index contributed by atoms with van der Waals surface area (Å²) in [5, 5.41) is 7.22. The minimum Gasteiger partial charge on any atom is -0.351 e. The highest BCUT2D eigenvalue weighted by Gasteiger charge is 1.99. The van der Waals surface area contributed by atoms with Crippen molar-refractivity contribution >= 4 is 35.0 Å². The number of amides is 3. The molecule has 0 aliphatic rings. The maximum atomic E-state index is 11.7. The molecule has 2 rings (SSSR count). The van der Waals surface area contributed by atoms with Gasteiger partial charge in [-0.1, -0.05) is 18.2 Å². The summed E-state index contributed by atoms with van der Waals surface area (Å²) in [5.41, 5.74) is 6.57. The summed E-state index contributed by atoms with van der Waals surface area (Å²) in [5.74, 6) is -0.150. The number of nitrogens with two attached hydrogens (primary N) is 1. The van der Waals surface area contributed by atoms with Gasteiger partial charge in [0.1, 0.15) is 0 Å². The molecule has 5 nitrogen and oxygen atoms in total. The van der Waals surface area contributed by atoms with Crippen LogP contribution in [0.25, 0.3) is 6.08 Å². The molecule has 2 aromatic rings. The Hall–Kier alpha value is -2.60. The number of hydrogen-bond acceptors (Lipinski definition) is 3. The van der Waals surface area contributed by atoms with Gasteiger partial charge in [0, 0.05) is 23.2 Å². The van der Waals surface area contributed by atoms with Gasteiger partial charge in [-0.2, -0.15) is 0 Å². The molecule has 0 radical (unpaired) electrons. The zero-order valence-electron chi connectivity index (χ0n) is 11.2. The number of thiophene rings is 1. The number of rotatable bonds is 5. The van der Waals surface area contributed by atoms with E-state index in [0.29, 0.717) is 12.2 Å². The van der Waals surface area contributed by atoms with Crippen molar-refractivity contribution in [1.82, 2.24) is 5.32 Å². The van der Waals surface area contributed by atoms with Gasteiger partial charge in [0.2, 0.25) is 5.91 Å². The second-order valence-corrected chi connectivity index (χ2v) is 5.23. The second-order valence-electron chi connectivity index (χ2n) is 4.25. The fourth-order valence-corrected chi connectivity index (χ4v) is 2.26. The summed E-state index contributed by atoms with van der Waals surface area (Å²) in [6.45, 7) is 0.421. The topological polar surface area (TPSA) is 84.2 Å². The highest BCUT2D eigenvalue weighted by Crippen LogP contribution is 2.10. The van der Waals surface area contributed by atoms with E-state index in [2.05, 4.69) is 10.6 Å². The molecular formula is C15H15N3O2S. The van der Waals surface area contributed by atoms with Crippen LogP contribution >= 0.6 is 11.3 Å². The molecule has 0 aliphatic carbocycles. The molecule has 0 fully saturated rings. The zero-order chi connectivity index (χ0) is 15.1. The number of nitrogens with one attached hydrogen (secondary N) is 2. The highest BCUT2D eigenvalue weighted by molar-refractivity contribution is 7.10. The molecule has 0 aliphatic heterocycles. The average Bonchev–Trinajstić information content (AvgIpc) is 2.97. The average molecular weight is 301 g/mol. The molecule has 0 unspecified atom stereocenters. The van der Waals surface area contributed by atoms with Crippen molar-refractivity contribution in [2.24, 2.45) is 5.73 Å². The number of benzene rings is 1. The maximum Gasteiger partial charge on any atom is 0.316 e. The van der Waals surface area contributed by atoms with E-state index in [1.165, 1.54) is 6.08 Å². The molecule has 0 bridgehead atoms. The Balaban J connectivity index is 1.82. The third-order valence-electron chi connectivity index (χ3n) is 2.63. The lowest BCUT2D eigenvalue weighted by atomic mass is 10.2. The highest BCUT2D eigenvalue weighted by atomic mass is 32.1. The van der Waals surface area contributed by atoms with Crippen LogP contribution in [0, 0.1) is 0 Å². The number of carbonyl (C=O) groups excluding carboxylic acids is 2. The summed E-state index contributed by atoms with van der Waals surface area (Å²) in [4.78, 5) is 23.4. The zero-order valence-corrected chi connectivity index (χ0v) is 12.0. The van der Waals surface area contributed by atoms with E-state index in [9.17, 15) is 9.59 Å². The fourth-order valence-electron chi connectivity index (χ4n) is 1.64. The number of carbonyl (C=O) groups is 2. The van der Waals surface area contributed by atoms with Crippen molar-refractivity contribution in [2.75, 3.05) is 5.32 Å². The first-order valence-corrected chi connectivity index (χ1v) is 7.16. The van der Waals surface area contributed by atoms with Gasteiger partial charge in [-0.25, -0.2) is 4.79 Å². The van der Waals surface area contributed by atoms with E-state index in [1.54, 1.807) is 29.5 Å². The number of anilines is 1. The molecule has 21 heavy (non-hydrogen) atoms. The van der Waals surface area contributed by atoms with Gasteiger partial charge in [0.05, 0.1) is 0 Å². The summed E-state index contributed by atoms with van der Waals surface area (Å²) >= 11 is 1.57. The maximum absolute atomic E-state index is 11.7. The first-order valence-electron chi connectivity index (χ1n) is 6.28. The van der Waals surface area contributed by atoms with Crippen LogP contribution in [0.5, 0.6) is 0 Å². The first kappa shape index (κ1) is 14.8. The lowest BCUT2D eigenvalue weighted by molar-refractivity contribution is -0.116.